The molecule has 1 unspecified atom stereocenters. The van der Waals surface area contributed by atoms with E-state index in [0.29, 0.717) is 13.1 Å². The van der Waals surface area contributed by atoms with Crippen LogP contribution in [-0.4, -0.2) is 36.6 Å². The monoisotopic (exact) mass is 239 g/mol. The van der Waals surface area contributed by atoms with E-state index in [1.54, 1.807) is 7.11 Å². The van der Waals surface area contributed by atoms with Crippen LogP contribution in [0.2, 0.25) is 0 Å². The summed E-state index contributed by atoms with van der Waals surface area (Å²) in [4.78, 5) is 0. The van der Waals surface area contributed by atoms with Crippen molar-refractivity contribution in [1.82, 2.24) is 5.32 Å². The highest BCUT2D eigenvalue weighted by atomic mass is 16.5. The predicted molar refractivity (Wildman–Crippen MR) is 67.3 cm³/mol. The molecule has 0 fully saturated rings. The molecule has 4 heteroatoms. The van der Waals surface area contributed by atoms with Gasteiger partial charge < -0.3 is 20.3 Å². The molecule has 0 saturated carbocycles. The highest BCUT2D eigenvalue weighted by Crippen LogP contribution is 2.22. The largest absolute Gasteiger partial charge is 0.496 e. The Bertz CT molecular complexity index is 366. The van der Waals surface area contributed by atoms with Crippen LogP contribution in [0.4, 0.5) is 0 Å². The maximum absolute atomic E-state index is 9.21. The van der Waals surface area contributed by atoms with Crippen LogP contribution < -0.4 is 10.1 Å². The van der Waals surface area contributed by atoms with Gasteiger partial charge in [-0.1, -0.05) is 6.07 Å². The average Bonchev–Trinajstić information content (AvgIpc) is 2.32. The molecule has 0 spiro atoms. The number of aryl methyl sites for hydroxylation is 2. The molecule has 0 aliphatic carbocycles. The number of nitrogens with one attached hydrogen (secondary N) is 1. The Morgan fingerprint density at radius 1 is 1.29 bits per heavy atom. The minimum absolute atomic E-state index is 0.215. The molecule has 0 radical (unpaired) electrons. The number of benzene rings is 1. The second-order valence-corrected chi connectivity index (χ2v) is 4.22. The molecule has 1 aromatic carbocycles. The molecule has 96 valence electrons. The van der Waals surface area contributed by atoms with Crippen LogP contribution in [0, 0.1) is 13.8 Å². The van der Waals surface area contributed by atoms with Gasteiger partial charge in [-0.05, 0) is 36.6 Å². The Labute approximate surface area is 102 Å². The molecule has 0 heterocycles. The van der Waals surface area contributed by atoms with Crippen molar-refractivity contribution in [2.45, 2.75) is 26.5 Å². The van der Waals surface area contributed by atoms with Crippen LogP contribution in [0.5, 0.6) is 5.75 Å². The predicted octanol–water partition coefficient (Wildman–Crippen LogP) is 0.755. The van der Waals surface area contributed by atoms with Gasteiger partial charge in [0.05, 0.1) is 19.8 Å². The number of ether oxygens (including phenoxy) is 1. The summed E-state index contributed by atoms with van der Waals surface area (Å²) in [7, 11) is 1.66. The molecular formula is C13H21NO3. The van der Waals surface area contributed by atoms with E-state index in [2.05, 4.69) is 11.4 Å². The van der Waals surface area contributed by atoms with Crippen molar-refractivity contribution in [2.24, 2.45) is 0 Å². The molecule has 1 rings (SSSR count). The molecule has 1 aromatic rings. The van der Waals surface area contributed by atoms with Crippen molar-refractivity contribution in [3.8, 4) is 5.75 Å². The van der Waals surface area contributed by atoms with Gasteiger partial charge in [0.1, 0.15) is 5.75 Å². The van der Waals surface area contributed by atoms with Gasteiger partial charge in [0.15, 0.2) is 0 Å². The standard InChI is InChI=1S/C13H21NO3/c1-9-5-13(17-3)10(2)4-11(9)6-14-7-12(16)8-15/h4-5,12,14-16H,6-8H2,1-3H3. The van der Waals surface area contributed by atoms with Gasteiger partial charge in [-0.2, -0.15) is 0 Å². The van der Waals surface area contributed by atoms with Crippen LogP contribution in [0.1, 0.15) is 16.7 Å². The number of aliphatic hydroxyl groups excluding tert-OH is 2. The first-order valence-corrected chi connectivity index (χ1v) is 5.72. The second kappa shape index (κ2) is 6.59. The Morgan fingerprint density at radius 2 is 2.00 bits per heavy atom. The molecule has 0 amide bonds. The first kappa shape index (κ1) is 14.0. The second-order valence-electron chi connectivity index (χ2n) is 4.22. The Hall–Kier alpha value is -1.10. The molecule has 0 bridgehead atoms. The Kier molecular flexibility index (Phi) is 5.41. The van der Waals surface area contributed by atoms with Crippen LogP contribution >= 0.6 is 0 Å². The van der Waals surface area contributed by atoms with E-state index in [4.69, 9.17) is 9.84 Å². The topological polar surface area (TPSA) is 61.7 Å². The summed E-state index contributed by atoms with van der Waals surface area (Å²) in [5.74, 6) is 0.890. The Morgan fingerprint density at radius 3 is 2.59 bits per heavy atom. The minimum atomic E-state index is -0.699. The van der Waals surface area contributed by atoms with Gasteiger partial charge in [0.2, 0.25) is 0 Å². The molecule has 0 aliphatic heterocycles. The number of hydrogen-bond donors (Lipinski definition) is 3. The summed E-state index contributed by atoms with van der Waals surface area (Å²) >= 11 is 0. The lowest BCUT2D eigenvalue weighted by Gasteiger charge is -2.13. The lowest BCUT2D eigenvalue weighted by Crippen LogP contribution is -2.29. The van der Waals surface area contributed by atoms with E-state index in [-0.39, 0.29) is 6.61 Å². The van der Waals surface area contributed by atoms with E-state index in [9.17, 15) is 5.11 Å². The minimum Gasteiger partial charge on any atom is -0.496 e. The van der Waals surface area contributed by atoms with Gasteiger partial charge in [0.25, 0.3) is 0 Å². The third-order valence-corrected chi connectivity index (χ3v) is 2.76. The number of methoxy groups -OCH3 is 1. The lowest BCUT2D eigenvalue weighted by molar-refractivity contribution is 0.0942. The highest BCUT2D eigenvalue weighted by molar-refractivity contribution is 5.41. The van der Waals surface area contributed by atoms with Gasteiger partial charge in [0, 0.05) is 13.1 Å². The fourth-order valence-electron chi connectivity index (χ4n) is 1.70. The third-order valence-electron chi connectivity index (χ3n) is 2.76. The zero-order chi connectivity index (χ0) is 12.8. The highest BCUT2D eigenvalue weighted by Gasteiger charge is 2.06. The Balaban J connectivity index is 2.62. The fraction of sp³-hybridized carbons (Fsp3) is 0.538. The first-order valence-electron chi connectivity index (χ1n) is 5.72. The zero-order valence-electron chi connectivity index (χ0n) is 10.7. The van der Waals surface area contributed by atoms with Crippen molar-refractivity contribution in [2.75, 3.05) is 20.3 Å². The van der Waals surface area contributed by atoms with E-state index in [0.717, 1.165) is 16.9 Å². The van der Waals surface area contributed by atoms with Crippen molar-refractivity contribution in [1.29, 1.82) is 0 Å². The van der Waals surface area contributed by atoms with Crippen LogP contribution in [0.15, 0.2) is 12.1 Å². The van der Waals surface area contributed by atoms with Crippen molar-refractivity contribution < 1.29 is 14.9 Å². The fourth-order valence-corrected chi connectivity index (χ4v) is 1.70. The van der Waals surface area contributed by atoms with Crippen LogP contribution in [0.25, 0.3) is 0 Å². The van der Waals surface area contributed by atoms with Crippen molar-refractivity contribution in [3.05, 3.63) is 28.8 Å². The maximum atomic E-state index is 9.21. The van der Waals surface area contributed by atoms with Crippen LogP contribution in [0.3, 0.4) is 0 Å². The van der Waals surface area contributed by atoms with E-state index in [1.165, 1.54) is 5.56 Å². The van der Waals surface area contributed by atoms with Crippen molar-refractivity contribution in [3.63, 3.8) is 0 Å². The van der Waals surface area contributed by atoms with Crippen molar-refractivity contribution >= 4 is 0 Å². The summed E-state index contributed by atoms with van der Waals surface area (Å²) in [5.41, 5.74) is 3.42. The average molecular weight is 239 g/mol. The number of hydrogen-bond acceptors (Lipinski definition) is 4. The number of aliphatic hydroxyl groups is 2. The zero-order valence-corrected chi connectivity index (χ0v) is 10.7. The normalized spacial score (nSPS) is 12.5. The summed E-state index contributed by atoms with van der Waals surface area (Å²) in [6, 6.07) is 4.08. The molecule has 3 N–H and O–H groups in total. The number of rotatable bonds is 6. The van der Waals surface area contributed by atoms with Crippen LogP contribution in [-0.2, 0) is 6.54 Å². The molecule has 0 aromatic heterocycles. The van der Waals surface area contributed by atoms with E-state index < -0.39 is 6.10 Å². The molecule has 0 saturated heterocycles. The molecular weight excluding hydrogens is 218 g/mol. The van der Waals surface area contributed by atoms with E-state index in [1.807, 2.05) is 19.9 Å². The van der Waals surface area contributed by atoms with E-state index >= 15 is 0 Å². The van der Waals surface area contributed by atoms with Gasteiger partial charge in [-0.25, -0.2) is 0 Å². The smallest absolute Gasteiger partial charge is 0.122 e. The summed E-state index contributed by atoms with van der Waals surface area (Å²) in [6.45, 7) is 4.88. The molecule has 0 aliphatic rings. The summed E-state index contributed by atoms with van der Waals surface area (Å²) in [6.07, 6.45) is -0.699. The van der Waals surface area contributed by atoms with Gasteiger partial charge in [-0.15, -0.1) is 0 Å². The molecule has 4 nitrogen and oxygen atoms in total. The summed E-state index contributed by atoms with van der Waals surface area (Å²) < 4.78 is 5.25. The SMILES string of the molecule is COc1cc(C)c(CNCC(O)CO)cc1C. The lowest BCUT2D eigenvalue weighted by atomic mass is 10.0. The molecule has 17 heavy (non-hydrogen) atoms. The van der Waals surface area contributed by atoms with Gasteiger partial charge in [-0.3, -0.25) is 0 Å². The maximum Gasteiger partial charge on any atom is 0.122 e. The first-order chi connectivity index (χ1) is 8.08. The molecule has 1 atom stereocenters. The summed E-state index contributed by atoms with van der Waals surface area (Å²) in [5, 5.41) is 21.0. The third kappa shape index (κ3) is 4.00. The quantitative estimate of drug-likeness (QED) is 0.685. The van der Waals surface area contributed by atoms with Gasteiger partial charge >= 0.3 is 0 Å².